The third-order valence-electron chi connectivity index (χ3n) is 6.01. The van der Waals surface area contributed by atoms with E-state index in [1.54, 1.807) is 24.3 Å². The molecular weight excluding hydrogens is 380 g/mol. The molecule has 8 nitrogen and oxygen atoms in total. The number of carbonyl (C=O) groups excluding carboxylic acids is 1. The van der Waals surface area contributed by atoms with Crippen LogP contribution in [0.15, 0.2) is 24.3 Å². The number of rotatable bonds is 3. The van der Waals surface area contributed by atoms with Crippen LogP contribution in [0.25, 0.3) is 0 Å². The molecule has 0 spiro atoms. The van der Waals surface area contributed by atoms with Gasteiger partial charge in [-0.2, -0.15) is 0 Å². The van der Waals surface area contributed by atoms with Crippen molar-refractivity contribution in [3.05, 3.63) is 41.0 Å². The van der Waals surface area contributed by atoms with Crippen LogP contribution in [-0.4, -0.2) is 43.8 Å². The molecule has 2 heterocycles. The highest BCUT2D eigenvalue weighted by Crippen LogP contribution is 2.55. The summed E-state index contributed by atoms with van der Waals surface area (Å²) < 4.78 is 26.9. The number of aliphatic hydroxyl groups is 1. The molecule has 2 N–H and O–H groups in total. The maximum atomic E-state index is 12.7. The molecule has 1 saturated heterocycles. The molecule has 0 bridgehead atoms. The van der Waals surface area contributed by atoms with Crippen molar-refractivity contribution in [1.82, 2.24) is 0 Å². The lowest BCUT2D eigenvalue weighted by atomic mass is 9.66. The highest BCUT2D eigenvalue weighted by atomic mass is 16.7. The second-order valence-electron chi connectivity index (χ2n) is 7.35. The minimum absolute atomic E-state index is 0.106. The molecule has 29 heavy (non-hydrogen) atoms. The fourth-order valence-corrected chi connectivity index (χ4v) is 4.63. The number of phenols is 1. The van der Waals surface area contributed by atoms with Crippen molar-refractivity contribution < 1.29 is 38.7 Å². The Kier molecular flexibility index (Phi) is 3.99. The number of aromatic hydroxyl groups is 1. The maximum absolute atomic E-state index is 12.7. The van der Waals surface area contributed by atoms with Gasteiger partial charge in [-0.05, 0) is 41.0 Å². The van der Waals surface area contributed by atoms with Crippen LogP contribution in [0.1, 0.15) is 28.7 Å². The summed E-state index contributed by atoms with van der Waals surface area (Å²) in [6.45, 7) is 0.246. The van der Waals surface area contributed by atoms with Gasteiger partial charge in [0.15, 0.2) is 23.0 Å². The van der Waals surface area contributed by atoms with Crippen LogP contribution < -0.4 is 18.9 Å². The fraction of sp³-hybridized carbons (Fsp3) is 0.381. The molecule has 1 fully saturated rings. The summed E-state index contributed by atoms with van der Waals surface area (Å²) in [5.41, 5.74) is 2.12. The molecule has 5 rings (SSSR count). The summed E-state index contributed by atoms with van der Waals surface area (Å²) in [6.07, 6.45) is -0.867. The molecule has 2 aromatic carbocycles. The molecule has 152 valence electrons. The molecule has 4 atom stereocenters. The van der Waals surface area contributed by atoms with E-state index in [4.69, 9.17) is 23.7 Å². The van der Waals surface area contributed by atoms with Crippen LogP contribution >= 0.6 is 0 Å². The summed E-state index contributed by atoms with van der Waals surface area (Å²) in [7, 11) is 2.89. The van der Waals surface area contributed by atoms with Gasteiger partial charge in [-0.25, -0.2) is 0 Å². The number of ether oxygens (including phenoxy) is 5. The van der Waals surface area contributed by atoms with Crippen molar-refractivity contribution in [1.29, 1.82) is 0 Å². The number of esters is 1. The lowest BCUT2D eigenvalue weighted by Crippen LogP contribution is -2.34. The van der Waals surface area contributed by atoms with Gasteiger partial charge >= 0.3 is 5.97 Å². The molecule has 0 amide bonds. The zero-order chi connectivity index (χ0) is 20.3. The molecule has 2 aromatic rings. The zero-order valence-electron chi connectivity index (χ0n) is 15.9. The average Bonchev–Trinajstić information content (AvgIpc) is 3.34. The highest BCUT2D eigenvalue weighted by Gasteiger charge is 2.52. The van der Waals surface area contributed by atoms with E-state index in [9.17, 15) is 15.0 Å². The van der Waals surface area contributed by atoms with E-state index in [1.807, 2.05) is 0 Å². The van der Waals surface area contributed by atoms with Gasteiger partial charge in [-0.3, -0.25) is 4.79 Å². The molecule has 2 aliphatic heterocycles. The standard InChI is InChI=1S/C21H20O8/c1-25-15-3-9(4-16(26-2)20(15)23)17-10-5-13-14(29-8-28-13)6-11(10)19(22)12-7-27-21(24)18(12)17/h3-6,12,17-19,22-23H,7-8H2,1-2H3/t12-,17-,18+,19-/m0/s1. The van der Waals surface area contributed by atoms with Crippen LogP contribution in [0.3, 0.4) is 0 Å². The Hall–Kier alpha value is -3.13. The van der Waals surface area contributed by atoms with Crippen molar-refractivity contribution >= 4 is 5.97 Å². The predicted molar refractivity (Wildman–Crippen MR) is 98.5 cm³/mol. The number of aliphatic hydroxyl groups excluding tert-OH is 1. The van der Waals surface area contributed by atoms with E-state index in [1.165, 1.54) is 14.2 Å². The van der Waals surface area contributed by atoms with Crippen molar-refractivity contribution in [2.45, 2.75) is 12.0 Å². The summed E-state index contributed by atoms with van der Waals surface area (Å²) in [5, 5.41) is 21.3. The maximum Gasteiger partial charge on any atom is 0.310 e. The van der Waals surface area contributed by atoms with Crippen LogP contribution in [0, 0.1) is 11.8 Å². The topological polar surface area (TPSA) is 104 Å². The molecule has 0 saturated carbocycles. The smallest absolute Gasteiger partial charge is 0.310 e. The average molecular weight is 400 g/mol. The lowest BCUT2D eigenvalue weighted by molar-refractivity contribution is -0.141. The first-order valence-electron chi connectivity index (χ1n) is 9.26. The van der Waals surface area contributed by atoms with Gasteiger partial charge in [0.2, 0.25) is 12.5 Å². The Morgan fingerprint density at radius 1 is 0.966 bits per heavy atom. The Morgan fingerprint density at radius 2 is 1.59 bits per heavy atom. The van der Waals surface area contributed by atoms with Gasteiger partial charge < -0.3 is 33.9 Å². The number of cyclic esters (lactones) is 1. The summed E-state index contributed by atoms with van der Waals surface area (Å²) >= 11 is 0. The molecule has 0 radical (unpaired) electrons. The monoisotopic (exact) mass is 400 g/mol. The third-order valence-corrected chi connectivity index (χ3v) is 6.01. The summed E-state index contributed by atoms with van der Waals surface area (Å²) in [5.74, 6) is -0.324. The van der Waals surface area contributed by atoms with Crippen molar-refractivity contribution in [2.24, 2.45) is 11.8 Å². The number of carbonyl (C=O) groups is 1. The normalized spacial score (nSPS) is 26.5. The Morgan fingerprint density at radius 3 is 2.21 bits per heavy atom. The number of methoxy groups -OCH3 is 2. The Labute approximate surface area is 166 Å². The van der Waals surface area contributed by atoms with Gasteiger partial charge in [-0.1, -0.05) is 0 Å². The zero-order valence-corrected chi connectivity index (χ0v) is 15.9. The lowest BCUT2D eigenvalue weighted by Gasteiger charge is -2.37. The van der Waals surface area contributed by atoms with Gasteiger partial charge in [0, 0.05) is 11.8 Å². The van der Waals surface area contributed by atoms with Crippen molar-refractivity contribution in [2.75, 3.05) is 27.6 Å². The second kappa shape index (κ2) is 6.45. The fourth-order valence-electron chi connectivity index (χ4n) is 4.63. The third kappa shape index (κ3) is 2.52. The van der Waals surface area contributed by atoms with E-state index in [-0.39, 0.29) is 36.6 Å². The van der Waals surface area contributed by atoms with Gasteiger partial charge in [0.1, 0.15) is 0 Å². The molecule has 8 heteroatoms. The van der Waals surface area contributed by atoms with Crippen LogP contribution in [0.4, 0.5) is 0 Å². The number of hydrogen-bond acceptors (Lipinski definition) is 8. The van der Waals surface area contributed by atoms with Gasteiger partial charge in [0.05, 0.1) is 32.8 Å². The largest absolute Gasteiger partial charge is 0.502 e. The van der Waals surface area contributed by atoms with E-state index < -0.39 is 23.9 Å². The first-order chi connectivity index (χ1) is 14.0. The summed E-state index contributed by atoms with van der Waals surface area (Å²) in [6, 6.07) is 6.93. The number of benzene rings is 2. The SMILES string of the molecule is COc1cc([C@H]2c3cc4c(cc3[C@H](O)[C@H]3COC(=O)[C@@H]23)OCO4)cc(OC)c1O. The van der Waals surface area contributed by atoms with Crippen LogP contribution in [-0.2, 0) is 9.53 Å². The minimum atomic E-state index is -0.867. The molecule has 0 aromatic heterocycles. The predicted octanol–water partition coefficient (Wildman–Crippen LogP) is 2.11. The van der Waals surface area contributed by atoms with Crippen LogP contribution in [0.5, 0.6) is 28.7 Å². The Bertz CT molecular complexity index is 975. The molecule has 0 unspecified atom stereocenters. The number of hydrogen-bond donors (Lipinski definition) is 2. The summed E-state index contributed by atoms with van der Waals surface area (Å²) in [4.78, 5) is 12.7. The molecule has 3 aliphatic rings. The highest BCUT2D eigenvalue weighted by molar-refractivity contribution is 5.79. The molecular formula is C21H20O8. The quantitative estimate of drug-likeness (QED) is 0.755. The van der Waals surface area contributed by atoms with E-state index in [2.05, 4.69) is 0 Å². The Balaban J connectivity index is 1.75. The van der Waals surface area contributed by atoms with Gasteiger partial charge in [-0.15, -0.1) is 0 Å². The number of fused-ring (bicyclic) bond motifs is 3. The van der Waals surface area contributed by atoms with E-state index >= 15 is 0 Å². The molecule has 1 aliphatic carbocycles. The van der Waals surface area contributed by atoms with Crippen molar-refractivity contribution in [3.8, 4) is 28.7 Å². The first-order valence-corrected chi connectivity index (χ1v) is 9.26. The van der Waals surface area contributed by atoms with E-state index in [0.29, 0.717) is 22.6 Å². The van der Waals surface area contributed by atoms with E-state index in [0.717, 1.165) is 5.56 Å². The van der Waals surface area contributed by atoms with Crippen molar-refractivity contribution in [3.63, 3.8) is 0 Å². The first kappa shape index (κ1) is 17.9. The second-order valence-corrected chi connectivity index (χ2v) is 7.35. The van der Waals surface area contributed by atoms with Gasteiger partial charge in [0.25, 0.3) is 0 Å². The minimum Gasteiger partial charge on any atom is -0.502 e. The van der Waals surface area contributed by atoms with Crippen LogP contribution in [0.2, 0.25) is 0 Å². The number of phenolic OH excluding ortho intramolecular Hbond substituents is 1.